The standard InChI is InChI=1S/C14H15N5O/c1-2-7-15-14(20)9-8-16-19-12(9)13-17-10-5-3-4-6-11(10)18-13/h3-6,8H,2,7H2,1H3,(H,15,20)(H,16,19)(H,17,18). The van der Waals surface area contributed by atoms with Gasteiger partial charge in [-0.05, 0) is 18.6 Å². The van der Waals surface area contributed by atoms with Crippen molar-refractivity contribution in [3.8, 4) is 11.5 Å². The number of carbonyl (C=O) groups excluding carboxylic acids is 1. The molecule has 0 saturated carbocycles. The van der Waals surface area contributed by atoms with E-state index in [1.165, 1.54) is 0 Å². The fraction of sp³-hybridized carbons (Fsp3) is 0.214. The summed E-state index contributed by atoms with van der Waals surface area (Å²) in [5, 5.41) is 9.70. The first-order valence-electron chi connectivity index (χ1n) is 6.56. The lowest BCUT2D eigenvalue weighted by Gasteiger charge is -2.01. The second-order valence-corrected chi connectivity index (χ2v) is 4.51. The number of H-pyrrole nitrogens is 2. The molecule has 2 heterocycles. The summed E-state index contributed by atoms with van der Waals surface area (Å²) in [4.78, 5) is 19.7. The van der Waals surface area contributed by atoms with Crippen molar-refractivity contribution < 1.29 is 4.79 Å². The summed E-state index contributed by atoms with van der Waals surface area (Å²) < 4.78 is 0. The fourth-order valence-electron chi connectivity index (χ4n) is 2.04. The molecule has 0 aliphatic carbocycles. The third-order valence-corrected chi connectivity index (χ3v) is 3.03. The van der Waals surface area contributed by atoms with Crippen LogP contribution < -0.4 is 5.32 Å². The van der Waals surface area contributed by atoms with Crippen LogP contribution in [0.2, 0.25) is 0 Å². The number of amides is 1. The Hall–Kier alpha value is -2.63. The highest BCUT2D eigenvalue weighted by atomic mass is 16.1. The number of para-hydroxylation sites is 2. The van der Waals surface area contributed by atoms with Crippen molar-refractivity contribution in [3.63, 3.8) is 0 Å². The molecule has 3 aromatic rings. The molecule has 6 heteroatoms. The van der Waals surface area contributed by atoms with Gasteiger partial charge in [0.25, 0.3) is 5.91 Å². The number of benzene rings is 1. The van der Waals surface area contributed by atoms with E-state index in [1.807, 2.05) is 31.2 Å². The lowest BCUT2D eigenvalue weighted by Crippen LogP contribution is -2.24. The van der Waals surface area contributed by atoms with Crippen molar-refractivity contribution in [2.24, 2.45) is 0 Å². The molecule has 20 heavy (non-hydrogen) atoms. The number of fused-ring (bicyclic) bond motifs is 1. The van der Waals surface area contributed by atoms with Gasteiger partial charge in [0.1, 0.15) is 5.69 Å². The number of imidazole rings is 1. The Morgan fingerprint density at radius 3 is 3.00 bits per heavy atom. The van der Waals surface area contributed by atoms with Crippen molar-refractivity contribution in [2.45, 2.75) is 13.3 Å². The average Bonchev–Trinajstić information content (AvgIpc) is 3.09. The smallest absolute Gasteiger partial charge is 0.255 e. The largest absolute Gasteiger partial charge is 0.352 e. The second kappa shape index (κ2) is 5.16. The van der Waals surface area contributed by atoms with Crippen LogP contribution in [0.4, 0.5) is 0 Å². The minimum Gasteiger partial charge on any atom is -0.352 e. The van der Waals surface area contributed by atoms with E-state index < -0.39 is 0 Å². The third kappa shape index (κ3) is 2.16. The lowest BCUT2D eigenvalue weighted by molar-refractivity contribution is 0.0954. The summed E-state index contributed by atoms with van der Waals surface area (Å²) in [5.41, 5.74) is 2.81. The maximum atomic E-state index is 12.1. The predicted molar refractivity (Wildman–Crippen MR) is 76.3 cm³/mol. The van der Waals surface area contributed by atoms with Gasteiger partial charge in [-0.25, -0.2) is 4.98 Å². The summed E-state index contributed by atoms with van der Waals surface area (Å²) >= 11 is 0. The first kappa shape index (κ1) is 12.4. The Morgan fingerprint density at radius 2 is 2.20 bits per heavy atom. The molecule has 0 atom stereocenters. The Labute approximate surface area is 115 Å². The van der Waals surface area contributed by atoms with Gasteiger partial charge in [-0.15, -0.1) is 0 Å². The summed E-state index contributed by atoms with van der Waals surface area (Å²) in [6, 6.07) is 7.71. The van der Waals surface area contributed by atoms with Crippen LogP contribution in [0.1, 0.15) is 23.7 Å². The van der Waals surface area contributed by atoms with E-state index in [0.717, 1.165) is 17.5 Å². The highest BCUT2D eigenvalue weighted by Crippen LogP contribution is 2.21. The van der Waals surface area contributed by atoms with E-state index in [1.54, 1.807) is 6.20 Å². The first-order chi connectivity index (χ1) is 9.79. The molecule has 102 valence electrons. The summed E-state index contributed by atoms with van der Waals surface area (Å²) in [5.74, 6) is 0.449. The van der Waals surface area contributed by atoms with Crippen LogP contribution >= 0.6 is 0 Å². The number of aromatic amines is 2. The van der Waals surface area contributed by atoms with Crippen molar-refractivity contribution >= 4 is 16.9 Å². The Bertz CT molecular complexity index is 710. The van der Waals surface area contributed by atoms with Crippen LogP contribution in [0.25, 0.3) is 22.6 Å². The number of hydrogen-bond acceptors (Lipinski definition) is 3. The van der Waals surface area contributed by atoms with Gasteiger partial charge in [0.15, 0.2) is 5.82 Å². The van der Waals surface area contributed by atoms with E-state index in [4.69, 9.17) is 0 Å². The molecule has 1 amide bonds. The summed E-state index contributed by atoms with van der Waals surface area (Å²) in [6.07, 6.45) is 2.48. The van der Waals surface area contributed by atoms with E-state index >= 15 is 0 Å². The predicted octanol–water partition coefficient (Wildman–Crippen LogP) is 2.09. The van der Waals surface area contributed by atoms with Gasteiger partial charge in [-0.2, -0.15) is 5.10 Å². The minimum absolute atomic E-state index is 0.143. The van der Waals surface area contributed by atoms with Crippen LogP contribution in [0.15, 0.2) is 30.5 Å². The zero-order chi connectivity index (χ0) is 13.9. The molecule has 0 aliphatic rings. The molecule has 3 rings (SSSR count). The second-order valence-electron chi connectivity index (χ2n) is 4.51. The summed E-state index contributed by atoms with van der Waals surface area (Å²) in [7, 11) is 0. The SMILES string of the molecule is CCCNC(=O)c1c[nH]nc1-c1nc2ccccc2[nH]1. The van der Waals surface area contributed by atoms with Gasteiger partial charge in [-0.1, -0.05) is 19.1 Å². The van der Waals surface area contributed by atoms with Crippen molar-refractivity contribution in [3.05, 3.63) is 36.0 Å². The number of carbonyl (C=O) groups is 1. The molecule has 2 aromatic heterocycles. The van der Waals surface area contributed by atoms with Gasteiger partial charge in [0, 0.05) is 12.7 Å². The molecule has 0 aliphatic heterocycles. The molecular weight excluding hydrogens is 254 g/mol. The fourth-order valence-corrected chi connectivity index (χ4v) is 2.04. The molecule has 1 aromatic carbocycles. The number of nitrogens with one attached hydrogen (secondary N) is 3. The molecule has 0 radical (unpaired) electrons. The topological polar surface area (TPSA) is 86.5 Å². The van der Waals surface area contributed by atoms with Crippen molar-refractivity contribution in [1.29, 1.82) is 0 Å². The molecule has 6 nitrogen and oxygen atoms in total. The maximum absolute atomic E-state index is 12.1. The van der Waals surface area contributed by atoms with Crippen LogP contribution in [0.5, 0.6) is 0 Å². The molecule has 0 spiro atoms. The van der Waals surface area contributed by atoms with Gasteiger partial charge in [0.2, 0.25) is 0 Å². The first-order valence-corrected chi connectivity index (χ1v) is 6.56. The van der Waals surface area contributed by atoms with Gasteiger partial charge in [-0.3, -0.25) is 9.89 Å². The zero-order valence-electron chi connectivity index (χ0n) is 11.1. The number of aromatic nitrogens is 4. The Morgan fingerprint density at radius 1 is 1.35 bits per heavy atom. The summed E-state index contributed by atoms with van der Waals surface area (Å²) in [6.45, 7) is 2.65. The van der Waals surface area contributed by atoms with Crippen LogP contribution in [0.3, 0.4) is 0 Å². The highest BCUT2D eigenvalue weighted by Gasteiger charge is 2.17. The molecule has 0 bridgehead atoms. The Balaban J connectivity index is 1.98. The van der Waals surface area contributed by atoms with Crippen LogP contribution in [-0.4, -0.2) is 32.6 Å². The molecule has 3 N–H and O–H groups in total. The maximum Gasteiger partial charge on any atom is 0.255 e. The van der Waals surface area contributed by atoms with Crippen molar-refractivity contribution in [1.82, 2.24) is 25.5 Å². The van der Waals surface area contributed by atoms with Gasteiger partial charge in [0.05, 0.1) is 16.6 Å². The highest BCUT2D eigenvalue weighted by molar-refractivity contribution is 5.99. The molecule has 0 unspecified atom stereocenters. The van der Waals surface area contributed by atoms with E-state index in [2.05, 4.69) is 25.5 Å². The quantitative estimate of drug-likeness (QED) is 0.677. The number of nitrogens with zero attached hydrogens (tertiary/aromatic N) is 2. The molecule has 0 saturated heterocycles. The van der Waals surface area contributed by atoms with E-state index in [0.29, 0.717) is 23.6 Å². The van der Waals surface area contributed by atoms with Crippen LogP contribution in [0, 0.1) is 0 Å². The normalized spacial score (nSPS) is 10.8. The van der Waals surface area contributed by atoms with E-state index in [-0.39, 0.29) is 5.91 Å². The van der Waals surface area contributed by atoms with Crippen LogP contribution in [-0.2, 0) is 0 Å². The lowest BCUT2D eigenvalue weighted by atomic mass is 10.2. The monoisotopic (exact) mass is 269 g/mol. The molecular formula is C14H15N5O. The Kier molecular flexibility index (Phi) is 3.20. The number of rotatable bonds is 4. The third-order valence-electron chi connectivity index (χ3n) is 3.03. The van der Waals surface area contributed by atoms with Gasteiger partial charge < -0.3 is 10.3 Å². The minimum atomic E-state index is -0.143. The molecule has 0 fully saturated rings. The van der Waals surface area contributed by atoms with Gasteiger partial charge >= 0.3 is 0 Å². The van der Waals surface area contributed by atoms with Crippen molar-refractivity contribution in [2.75, 3.05) is 6.54 Å². The number of hydrogen-bond donors (Lipinski definition) is 3. The average molecular weight is 269 g/mol. The van der Waals surface area contributed by atoms with E-state index in [9.17, 15) is 4.79 Å². The zero-order valence-corrected chi connectivity index (χ0v) is 11.1.